The van der Waals surface area contributed by atoms with Crippen LogP contribution in [0.1, 0.15) is 12.8 Å². The van der Waals surface area contributed by atoms with Gasteiger partial charge in [0.05, 0.1) is 26.2 Å². The van der Waals surface area contributed by atoms with Crippen LogP contribution in [0.4, 0.5) is 4.79 Å². The van der Waals surface area contributed by atoms with Gasteiger partial charge in [-0.25, -0.2) is 9.59 Å². The van der Waals surface area contributed by atoms with Crippen LogP contribution >= 0.6 is 0 Å². The van der Waals surface area contributed by atoms with Crippen LogP contribution in [-0.4, -0.2) is 78.9 Å². The van der Waals surface area contributed by atoms with Crippen LogP contribution in [0.15, 0.2) is 0 Å². The van der Waals surface area contributed by atoms with E-state index in [2.05, 4.69) is 0 Å². The topological polar surface area (TPSA) is 96.4 Å². The Kier molecular flexibility index (Phi) is 5.00. The highest BCUT2D eigenvalue weighted by atomic mass is 16.5. The Bertz CT molecular complexity index is 419. The van der Waals surface area contributed by atoms with E-state index in [9.17, 15) is 14.4 Å². The number of hydrogen-bond acceptors (Lipinski definition) is 5. The predicted octanol–water partition coefficient (Wildman–Crippen LogP) is -0.223. The van der Waals surface area contributed by atoms with Crippen LogP contribution in [0, 0.1) is 5.92 Å². The summed E-state index contributed by atoms with van der Waals surface area (Å²) in [5, 5.41) is 9.15. The van der Waals surface area contributed by atoms with Gasteiger partial charge in [0.2, 0.25) is 0 Å². The van der Waals surface area contributed by atoms with E-state index in [1.165, 1.54) is 12.0 Å². The number of piperidine rings is 1. The largest absolute Gasteiger partial charge is 0.480 e. The molecule has 0 radical (unpaired) electrons. The lowest BCUT2D eigenvalue weighted by atomic mass is 9.97. The maximum atomic E-state index is 12.4. The minimum atomic E-state index is -1.06. The van der Waals surface area contributed by atoms with Gasteiger partial charge in [-0.2, -0.15) is 0 Å². The fourth-order valence-electron chi connectivity index (χ4n) is 2.69. The molecule has 2 fully saturated rings. The molecule has 2 rings (SSSR count). The summed E-state index contributed by atoms with van der Waals surface area (Å²) in [7, 11) is 1.35. The molecule has 0 aromatic carbocycles. The Labute approximate surface area is 122 Å². The van der Waals surface area contributed by atoms with Gasteiger partial charge in [0.15, 0.2) is 6.04 Å². The van der Waals surface area contributed by atoms with Gasteiger partial charge in [-0.15, -0.1) is 0 Å². The monoisotopic (exact) mass is 300 g/mol. The SMILES string of the molecule is COC(=O)C1CCN(C(=O)N2CCOCC2C(=O)O)CC1. The number of carboxylic acids is 1. The minimum absolute atomic E-state index is 0.0136. The van der Waals surface area contributed by atoms with Crippen molar-refractivity contribution in [2.75, 3.05) is 40.0 Å². The van der Waals surface area contributed by atoms with Crippen molar-refractivity contribution >= 4 is 18.0 Å². The second kappa shape index (κ2) is 6.75. The number of nitrogens with zero attached hydrogens (tertiary/aromatic N) is 2. The Morgan fingerprint density at radius 3 is 2.43 bits per heavy atom. The van der Waals surface area contributed by atoms with Crippen molar-refractivity contribution in [3.8, 4) is 0 Å². The number of rotatable bonds is 2. The van der Waals surface area contributed by atoms with Crippen molar-refractivity contribution in [3.05, 3.63) is 0 Å². The molecule has 0 spiro atoms. The summed E-state index contributed by atoms with van der Waals surface area (Å²) in [6.07, 6.45) is 1.08. The van der Waals surface area contributed by atoms with Crippen LogP contribution in [-0.2, 0) is 19.1 Å². The number of urea groups is 1. The first-order valence-electron chi connectivity index (χ1n) is 6.98. The molecule has 1 unspecified atom stereocenters. The van der Waals surface area contributed by atoms with Gasteiger partial charge >= 0.3 is 18.0 Å². The zero-order valence-corrected chi connectivity index (χ0v) is 12.0. The van der Waals surface area contributed by atoms with Crippen LogP contribution in [0.2, 0.25) is 0 Å². The molecule has 1 atom stereocenters. The van der Waals surface area contributed by atoms with Crippen LogP contribution in [0.5, 0.6) is 0 Å². The van der Waals surface area contributed by atoms with Gasteiger partial charge in [-0.3, -0.25) is 4.79 Å². The Morgan fingerprint density at radius 2 is 1.86 bits per heavy atom. The molecular weight excluding hydrogens is 280 g/mol. The van der Waals surface area contributed by atoms with Gasteiger partial charge in [-0.05, 0) is 12.8 Å². The molecule has 21 heavy (non-hydrogen) atoms. The second-order valence-corrected chi connectivity index (χ2v) is 5.19. The number of ether oxygens (including phenoxy) is 2. The summed E-state index contributed by atoms with van der Waals surface area (Å²) >= 11 is 0. The normalized spacial score (nSPS) is 23.8. The van der Waals surface area contributed by atoms with E-state index in [0.717, 1.165) is 0 Å². The molecule has 1 N–H and O–H groups in total. The minimum Gasteiger partial charge on any atom is -0.480 e. The lowest BCUT2D eigenvalue weighted by Crippen LogP contribution is -2.57. The number of aliphatic carboxylic acids is 1. The van der Waals surface area contributed by atoms with Crippen LogP contribution in [0.25, 0.3) is 0 Å². The van der Waals surface area contributed by atoms with Crippen LogP contribution in [0.3, 0.4) is 0 Å². The maximum absolute atomic E-state index is 12.4. The third-order valence-corrected chi connectivity index (χ3v) is 3.96. The molecule has 118 valence electrons. The van der Waals surface area contributed by atoms with E-state index in [-0.39, 0.29) is 31.1 Å². The molecule has 0 saturated carbocycles. The molecule has 0 aliphatic carbocycles. The van der Waals surface area contributed by atoms with Gasteiger partial charge in [0.25, 0.3) is 0 Å². The number of carboxylic acid groups (broad SMARTS) is 1. The van der Waals surface area contributed by atoms with Crippen LogP contribution < -0.4 is 0 Å². The number of methoxy groups -OCH3 is 1. The van der Waals surface area contributed by atoms with Crippen molar-refractivity contribution in [2.45, 2.75) is 18.9 Å². The number of hydrogen-bond donors (Lipinski definition) is 1. The molecule has 2 aliphatic heterocycles. The van der Waals surface area contributed by atoms with E-state index in [4.69, 9.17) is 14.6 Å². The third-order valence-electron chi connectivity index (χ3n) is 3.96. The first-order chi connectivity index (χ1) is 10.0. The summed E-state index contributed by atoms with van der Waals surface area (Å²) in [6.45, 7) is 1.49. The second-order valence-electron chi connectivity index (χ2n) is 5.19. The quantitative estimate of drug-likeness (QED) is 0.708. The molecule has 2 heterocycles. The number of morpholine rings is 1. The molecule has 0 aromatic heterocycles. The number of esters is 1. The summed E-state index contributed by atoms with van der Waals surface area (Å²) in [4.78, 5) is 38.0. The van der Waals surface area contributed by atoms with Gasteiger partial charge in [0.1, 0.15) is 0 Å². The van der Waals surface area contributed by atoms with Crippen molar-refractivity contribution in [1.29, 1.82) is 0 Å². The summed E-state index contributed by atoms with van der Waals surface area (Å²) in [6, 6.07) is -1.24. The fraction of sp³-hybridized carbons (Fsp3) is 0.769. The van der Waals surface area contributed by atoms with E-state index in [0.29, 0.717) is 32.5 Å². The van der Waals surface area contributed by atoms with Gasteiger partial charge < -0.3 is 24.4 Å². The maximum Gasteiger partial charge on any atom is 0.328 e. The first kappa shape index (κ1) is 15.6. The van der Waals surface area contributed by atoms with E-state index < -0.39 is 12.0 Å². The van der Waals surface area contributed by atoms with Crippen molar-refractivity contribution in [1.82, 2.24) is 9.80 Å². The summed E-state index contributed by atoms with van der Waals surface area (Å²) in [5.74, 6) is -1.50. The average Bonchev–Trinajstić information content (AvgIpc) is 2.53. The predicted molar refractivity (Wildman–Crippen MR) is 70.7 cm³/mol. The Morgan fingerprint density at radius 1 is 1.19 bits per heavy atom. The van der Waals surface area contributed by atoms with Crippen molar-refractivity contribution < 1.29 is 29.0 Å². The average molecular weight is 300 g/mol. The standard InChI is InChI=1S/C13H20N2O6/c1-20-12(18)9-2-4-14(5-3-9)13(19)15-6-7-21-8-10(15)11(16)17/h9-10H,2-8H2,1H3,(H,16,17). The van der Waals surface area contributed by atoms with Gasteiger partial charge in [-0.1, -0.05) is 0 Å². The fourth-order valence-corrected chi connectivity index (χ4v) is 2.69. The van der Waals surface area contributed by atoms with Crippen molar-refractivity contribution in [2.24, 2.45) is 5.92 Å². The Balaban J connectivity index is 1.94. The molecule has 8 nitrogen and oxygen atoms in total. The summed E-state index contributed by atoms with van der Waals surface area (Å²) < 4.78 is 9.82. The third kappa shape index (κ3) is 3.44. The first-order valence-corrected chi connectivity index (χ1v) is 6.98. The highest BCUT2D eigenvalue weighted by molar-refractivity contribution is 5.83. The smallest absolute Gasteiger partial charge is 0.328 e. The zero-order valence-electron chi connectivity index (χ0n) is 12.0. The number of carbonyl (C=O) groups is 3. The van der Waals surface area contributed by atoms with E-state index in [1.54, 1.807) is 4.90 Å². The van der Waals surface area contributed by atoms with Crippen molar-refractivity contribution in [3.63, 3.8) is 0 Å². The summed E-state index contributed by atoms with van der Waals surface area (Å²) in [5.41, 5.74) is 0. The molecule has 2 aliphatic rings. The Hall–Kier alpha value is -1.83. The highest BCUT2D eigenvalue weighted by Gasteiger charge is 2.37. The highest BCUT2D eigenvalue weighted by Crippen LogP contribution is 2.21. The molecule has 0 aromatic rings. The lowest BCUT2D eigenvalue weighted by molar-refractivity contribution is -0.147. The molecule has 2 saturated heterocycles. The van der Waals surface area contributed by atoms with E-state index in [1.807, 2.05) is 0 Å². The lowest BCUT2D eigenvalue weighted by Gasteiger charge is -2.39. The molecule has 0 bridgehead atoms. The molecule has 2 amide bonds. The number of carbonyl (C=O) groups excluding carboxylic acids is 2. The number of amides is 2. The molecule has 8 heteroatoms. The number of likely N-dealkylation sites (tertiary alicyclic amines) is 1. The zero-order chi connectivity index (χ0) is 15.4. The van der Waals surface area contributed by atoms with E-state index >= 15 is 0 Å². The molecular formula is C13H20N2O6. The van der Waals surface area contributed by atoms with Gasteiger partial charge in [0, 0.05) is 19.6 Å².